The van der Waals surface area contributed by atoms with E-state index in [0.717, 1.165) is 47.9 Å². The predicted octanol–water partition coefficient (Wildman–Crippen LogP) is 9.60. The maximum absolute atomic E-state index is 12.0. The fraction of sp³-hybridized carbons (Fsp3) is 0.250. The average molecular weight is 905 g/mol. The standard InChI is InChI=1S/C40H34Cl4N4O8S2/c41-25-7-11-37(33(43)17-25)47-39-29-19-27(57(49,50)51)9-5-23(29)15-31(39)35(45-47)21-55-13-3-1-2-4-14-56-22-36-32-16-24-6-10-28(58(52,53)54)20-30(24)40(32)48(46-36)38-12-8-26(42)18-34(38)44/h5-12,17-20H,1-4,13-16,21-22H2,(H,49,50,51)(H,52,53,54). The molecular formula is C40H34Cl4N4O8S2. The number of nitrogens with zero attached hydrogens (tertiary/aromatic N) is 4. The van der Waals surface area contributed by atoms with E-state index in [1.807, 2.05) is 0 Å². The number of halogens is 4. The van der Waals surface area contributed by atoms with E-state index in [1.165, 1.54) is 24.3 Å². The summed E-state index contributed by atoms with van der Waals surface area (Å²) in [5, 5.41) is 11.3. The second kappa shape index (κ2) is 16.3. The van der Waals surface area contributed by atoms with Gasteiger partial charge in [0.15, 0.2) is 0 Å². The van der Waals surface area contributed by atoms with Crippen LogP contribution in [0.5, 0.6) is 0 Å². The molecule has 0 radical (unpaired) electrons. The van der Waals surface area contributed by atoms with Crippen LogP contribution in [0.25, 0.3) is 33.9 Å². The van der Waals surface area contributed by atoms with E-state index in [-0.39, 0.29) is 23.0 Å². The summed E-state index contributed by atoms with van der Waals surface area (Å²) in [5.74, 6) is 0. The van der Waals surface area contributed by atoms with Crippen molar-refractivity contribution in [2.24, 2.45) is 0 Å². The zero-order chi connectivity index (χ0) is 40.9. The summed E-state index contributed by atoms with van der Waals surface area (Å²) in [6.45, 7) is 1.48. The van der Waals surface area contributed by atoms with E-state index in [1.54, 1.807) is 57.9 Å². The SMILES string of the molecule is O=S(=O)(O)c1ccc2c(c1)-c1c(c(COCCCCCCOCc3nn(-c4ccc(Cl)cc4Cl)c4c3Cc3ccc(S(=O)(=O)O)cc3-4)nn1-c1ccc(Cl)cc1Cl)C2. The third kappa shape index (κ3) is 8.20. The lowest BCUT2D eigenvalue weighted by Gasteiger charge is -2.11. The Hall–Kier alpha value is -3.80. The van der Waals surface area contributed by atoms with Crippen LogP contribution in [0.2, 0.25) is 20.1 Å². The summed E-state index contributed by atoms with van der Waals surface area (Å²) in [7, 11) is -8.84. The molecule has 2 aromatic heterocycles. The van der Waals surface area contributed by atoms with Crippen LogP contribution in [0.3, 0.4) is 0 Å². The van der Waals surface area contributed by atoms with Gasteiger partial charge in [-0.3, -0.25) is 9.11 Å². The van der Waals surface area contributed by atoms with Crippen molar-refractivity contribution < 1.29 is 35.4 Å². The van der Waals surface area contributed by atoms with E-state index >= 15 is 0 Å². The minimum Gasteiger partial charge on any atom is -0.375 e. The lowest BCUT2D eigenvalue weighted by Crippen LogP contribution is -2.04. The second-order valence-electron chi connectivity index (χ2n) is 14.0. The first-order chi connectivity index (χ1) is 27.7. The Kier molecular flexibility index (Phi) is 11.5. The van der Waals surface area contributed by atoms with Gasteiger partial charge in [-0.05, 0) is 84.6 Å². The zero-order valence-electron chi connectivity index (χ0n) is 30.5. The molecule has 0 fully saturated rings. The molecule has 0 saturated carbocycles. The number of benzene rings is 4. The second-order valence-corrected chi connectivity index (χ2v) is 18.6. The molecule has 2 aliphatic rings. The first-order valence-electron chi connectivity index (χ1n) is 18.2. The van der Waals surface area contributed by atoms with Gasteiger partial charge in [-0.25, -0.2) is 9.36 Å². The van der Waals surface area contributed by atoms with Crippen molar-refractivity contribution in [3.05, 3.63) is 127 Å². The van der Waals surface area contributed by atoms with Crippen molar-refractivity contribution in [3.8, 4) is 33.9 Å². The molecule has 0 bridgehead atoms. The number of fused-ring (bicyclic) bond motifs is 6. The van der Waals surface area contributed by atoms with Gasteiger partial charge in [0.2, 0.25) is 0 Å². The first kappa shape index (κ1) is 41.0. The first-order valence-corrected chi connectivity index (χ1v) is 22.6. The van der Waals surface area contributed by atoms with Crippen LogP contribution in [0.15, 0.2) is 82.6 Å². The molecule has 18 heteroatoms. The van der Waals surface area contributed by atoms with Crippen LogP contribution in [0.1, 0.15) is 59.3 Å². The minimum absolute atomic E-state index is 0.207. The van der Waals surface area contributed by atoms with E-state index in [9.17, 15) is 25.9 Å². The van der Waals surface area contributed by atoms with E-state index in [4.69, 9.17) is 66.1 Å². The van der Waals surface area contributed by atoms with Crippen LogP contribution in [0.4, 0.5) is 0 Å². The zero-order valence-corrected chi connectivity index (χ0v) is 35.1. The topological polar surface area (TPSA) is 163 Å². The summed E-state index contributed by atoms with van der Waals surface area (Å²) in [4.78, 5) is -0.414. The van der Waals surface area contributed by atoms with Crippen LogP contribution in [0, 0.1) is 0 Å². The average Bonchev–Trinajstić information content (AvgIpc) is 3.91. The normalized spacial score (nSPS) is 13.1. The maximum Gasteiger partial charge on any atom is 0.294 e. The Bertz CT molecular complexity index is 2630. The van der Waals surface area contributed by atoms with Gasteiger partial charge in [0.1, 0.15) is 0 Å². The molecule has 6 aromatic rings. The number of hydrogen-bond donors (Lipinski definition) is 2. The van der Waals surface area contributed by atoms with Gasteiger partial charge in [-0.15, -0.1) is 0 Å². The van der Waals surface area contributed by atoms with Crippen molar-refractivity contribution in [1.29, 1.82) is 0 Å². The van der Waals surface area contributed by atoms with Crippen LogP contribution >= 0.6 is 46.4 Å². The Morgan fingerprint density at radius 3 is 1.36 bits per heavy atom. The van der Waals surface area contributed by atoms with Gasteiger partial charge in [0.25, 0.3) is 20.2 Å². The van der Waals surface area contributed by atoms with Crippen molar-refractivity contribution in [1.82, 2.24) is 19.6 Å². The van der Waals surface area contributed by atoms with Gasteiger partial charge < -0.3 is 9.47 Å². The third-order valence-electron chi connectivity index (χ3n) is 10.2. The molecule has 302 valence electrons. The molecule has 0 aliphatic heterocycles. The summed E-state index contributed by atoms with van der Waals surface area (Å²) < 4.78 is 82.8. The quantitative estimate of drug-likeness (QED) is 0.0748. The highest BCUT2D eigenvalue weighted by Gasteiger charge is 2.32. The highest BCUT2D eigenvalue weighted by molar-refractivity contribution is 7.86. The molecule has 12 nitrogen and oxygen atoms in total. The largest absolute Gasteiger partial charge is 0.375 e. The Balaban J connectivity index is 0.871. The smallest absolute Gasteiger partial charge is 0.294 e. The molecule has 58 heavy (non-hydrogen) atoms. The molecule has 0 spiro atoms. The molecule has 0 unspecified atom stereocenters. The number of unbranched alkanes of at least 4 members (excludes halogenated alkanes) is 3. The monoisotopic (exact) mass is 902 g/mol. The summed E-state index contributed by atoms with van der Waals surface area (Å²) in [5.41, 5.74) is 8.77. The fourth-order valence-corrected chi connectivity index (χ4v) is 9.45. The van der Waals surface area contributed by atoms with Crippen molar-refractivity contribution >= 4 is 66.6 Å². The summed E-state index contributed by atoms with van der Waals surface area (Å²) in [6.07, 6.45) is 4.47. The van der Waals surface area contributed by atoms with E-state index in [0.29, 0.717) is 91.4 Å². The summed E-state index contributed by atoms with van der Waals surface area (Å²) in [6, 6.07) is 19.2. The number of aromatic nitrogens is 4. The van der Waals surface area contributed by atoms with Gasteiger partial charge in [-0.2, -0.15) is 27.0 Å². The van der Waals surface area contributed by atoms with Gasteiger partial charge in [0, 0.05) is 58.4 Å². The third-order valence-corrected chi connectivity index (χ3v) is 13.0. The Morgan fingerprint density at radius 2 is 0.983 bits per heavy atom. The maximum atomic E-state index is 12.0. The molecule has 0 amide bonds. The van der Waals surface area contributed by atoms with Crippen LogP contribution in [-0.2, 0) is 55.8 Å². The highest BCUT2D eigenvalue weighted by Crippen LogP contribution is 2.44. The molecule has 2 N–H and O–H groups in total. The fourth-order valence-electron chi connectivity index (χ4n) is 7.46. The molecule has 0 saturated heterocycles. The molecular weight excluding hydrogens is 870 g/mol. The number of ether oxygens (including phenoxy) is 2. The van der Waals surface area contributed by atoms with Gasteiger partial charge in [0.05, 0.1) is 67.2 Å². The highest BCUT2D eigenvalue weighted by atomic mass is 35.5. The molecule has 4 aromatic carbocycles. The van der Waals surface area contributed by atoms with Crippen molar-refractivity contribution in [3.63, 3.8) is 0 Å². The number of rotatable bonds is 15. The molecule has 2 heterocycles. The van der Waals surface area contributed by atoms with Crippen molar-refractivity contribution in [2.75, 3.05) is 13.2 Å². The van der Waals surface area contributed by atoms with E-state index in [2.05, 4.69) is 0 Å². The van der Waals surface area contributed by atoms with Crippen LogP contribution < -0.4 is 0 Å². The van der Waals surface area contributed by atoms with E-state index < -0.39 is 20.2 Å². The van der Waals surface area contributed by atoms with Crippen LogP contribution in [-0.4, -0.2) is 58.7 Å². The molecule has 2 aliphatic carbocycles. The van der Waals surface area contributed by atoms with Gasteiger partial charge in [-0.1, -0.05) is 71.4 Å². The summed E-state index contributed by atoms with van der Waals surface area (Å²) >= 11 is 25.5. The molecule has 0 atom stereocenters. The lowest BCUT2D eigenvalue weighted by molar-refractivity contribution is 0.105. The number of hydrogen-bond acceptors (Lipinski definition) is 8. The lowest BCUT2D eigenvalue weighted by atomic mass is 10.1. The Morgan fingerprint density at radius 1 is 0.569 bits per heavy atom. The molecule has 8 rings (SSSR count). The predicted molar refractivity (Wildman–Crippen MR) is 221 cm³/mol. The Labute approximate surface area is 354 Å². The minimum atomic E-state index is -4.42. The van der Waals surface area contributed by atoms with Gasteiger partial charge >= 0.3 is 0 Å². The van der Waals surface area contributed by atoms with Crippen molar-refractivity contribution in [2.45, 2.75) is 61.5 Å².